The van der Waals surface area contributed by atoms with Crippen molar-refractivity contribution < 1.29 is 5.11 Å². The number of hydrogen-bond donors (Lipinski definition) is 1. The average Bonchev–Trinajstić information content (AvgIpc) is 2.35. The summed E-state index contributed by atoms with van der Waals surface area (Å²) >= 11 is 17.5. The molecule has 0 heterocycles. The van der Waals surface area contributed by atoms with Crippen molar-refractivity contribution in [2.75, 3.05) is 0 Å². The van der Waals surface area contributed by atoms with Crippen molar-refractivity contribution >= 4 is 39.4 Å². The molecule has 4 atom stereocenters. The van der Waals surface area contributed by atoms with Crippen LogP contribution in [0.2, 0.25) is 0 Å². The van der Waals surface area contributed by atoms with E-state index in [0.717, 1.165) is 19.3 Å². The fourth-order valence-corrected chi connectivity index (χ4v) is 4.57. The smallest absolute Gasteiger partial charge is 0.196 e. The number of aliphatic hydroxyl groups is 1. The molecule has 0 aromatic rings. The minimum Gasteiger partial charge on any atom is -0.392 e. The van der Waals surface area contributed by atoms with Crippen LogP contribution < -0.4 is 0 Å². The van der Waals surface area contributed by atoms with Crippen LogP contribution >= 0.6 is 34.8 Å². The molecule has 0 aromatic carbocycles. The molecule has 1 N–H and O–H groups in total. The SMILES string of the molecule is CC1(C)[C@@H](Cl)[C@H](O)C[C@]2(C)CC(/C=C/N=C(Cl)Cl)=CC[C@@H]12. The highest BCUT2D eigenvalue weighted by Gasteiger charge is 2.54. The number of halogens is 3. The maximum atomic E-state index is 10.3. The number of aliphatic hydroxyl groups excluding tert-OH is 1. The molecule has 0 spiro atoms. The van der Waals surface area contributed by atoms with Gasteiger partial charge >= 0.3 is 0 Å². The van der Waals surface area contributed by atoms with E-state index in [1.807, 2.05) is 6.08 Å². The fourth-order valence-electron chi connectivity index (χ4n) is 4.22. The van der Waals surface area contributed by atoms with E-state index in [-0.39, 0.29) is 20.8 Å². The molecule has 0 bridgehead atoms. The largest absolute Gasteiger partial charge is 0.392 e. The van der Waals surface area contributed by atoms with Gasteiger partial charge in [-0.25, -0.2) is 4.99 Å². The second kappa shape index (κ2) is 6.23. The lowest BCUT2D eigenvalue weighted by Crippen LogP contribution is -2.55. The number of rotatable bonds is 2. The van der Waals surface area contributed by atoms with E-state index >= 15 is 0 Å². The van der Waals surface area contributed by atoms with Gasteiger partial charge in [-0.15, -0.1) is 11.6 Å². The van der Waals surface area contributed by atoms with Crippen LogP contribution in [0.25, 0.3) is 0 Å². The molecule has 1 fully saturated rings. The van der Waals surface area contributed by atoms with Gasteiger partial charge in [-0.3, -0.25) is 0 Å². The van der Waals surface area contributed by atoms with E-state index in [4.69, 9.17) is 34.8 Å². The summed E-state index contributed by atoms with van der Waals surface area (Å²) in [6.07, 6.45) is 7.97. The maximum Gasteiger partial charge on any atom is 0.196 e. The van der Waals surface area contributed by atoms with Gasteiger partial charge < -0.3 is 5.11 Å². The molecular formula is C16H22Cl3NO. The minimum atomic E-state index is -0.457. The molecule has 2 nitrogen and oxygen atoms in total. The van der Waals surface area contributed by atoms with E-state index in [1.165, 1.54) is 5.57 Å². The van der Waals surface area contributed by atoms with Gasteiger partial charge in [0.15, 0.2) is 4.63 Å². The third-order valence-electron chi connectivity index (χ3n) is 5.15. The van der Waals surface area contributed by atoms with Gasteiger partial charge in [0, 0.05) is 6.20 Å². The summed E-state index contributed by atoms with van der Waals surface area (Å²) < 4.78 is 0.00551. The van der Waals surface area contributed by atoms with E-state index in [1.54, 1.807) is 6.20 Å². The summed E-state index contributed by atoms with van der Waals surface area (Å²) in [5.74, 6) is 0.466. The summed E-state index contributed by atoms with van der Waals surface area (Å²) in [4.78, 5) is 3.86. The Kier molecular flexibility index (Phi) is 5.15. The van der Waals surface area contributed by atoms with Crippen LogP contribution in [0.15, 0.2) is 28.9 Å². The van der Waals surface area contributed by atoms with Gasteiger partial charge in [-0.2, -0.15) is 0 Å². The summed E-state index contributed by atoms with van der Waals surface area (Å²) in [6, 6.07) is 0. The fraction of sp³-hybridized carbons (Fsp3) is 0.688. The van der Waals surface area contributed by atoms with Gasteiger partial charge in [0.1, 0.15) is 0 Å². The van der Waals surface area contributed by atoms with Crippen molar-refractivity contribution in [1.29, 1.82) is 0 Å². The highest BCUT2D eigenvalue weighted by atomic mass is 35.5. The van der Waals surface area contributed by atoms with Crippen molar-refractivity contribution in [3.05, 3.63) is 23.9 Å². The molecule has 21 heavy (non-hydrogen) atoms. The summed E-state index contributed by atoms with van der Waals surface area (Å²) in [5.41, 5.74) is 1.18. The van der Waals surface area contributed by atoms with Gasteiger partial charge in [0.25, 0.3) is 0 Å². The summed E-state index contributed by atoms with van der Waals surface area (Å²) in [6.45, 7) is 6.59. The zero-order valence-electron chi connectivity index (χ0n) is 12.6. The van der Waals surface area contributed by atoms with E-state index < -0.39 is 6.10 Å². The Morgan fingerprint density at radius 3 is 2.67 bits per heavy atom. The number of alkyl halides is 1. The standard InChI is InChI=1S/C16H22Cl3NO/c1-15(2)12-5-4-10(6-7-20-14(18)19)8-16(12,3)9-11(21)13(15)17/h4,6-7,11-13,21H,5,8-9H2,1-3H3/b7-6+/t11-,12+,13+,16+/m1/s1. The molecule has 0 unspecified atom stereocenters. The second-order valence-electron chi connectivity index (χ2n) is 7.08. The first-order valence-electron chi connectivity index (χ1n) is 7.23. The summed E-state index contributed by atoms with van der Waals surface area (Å²) in [5, 5.41) is 10.1. The normalized spacial score (nSPS) is 38.8. The Hall–Kier alpha value is -0.0200. The number of nitrogens with zero attached hydrogens (tertiary/aromatic N) is 1. The molecule has 118 valence electrons. The Labute approximate surface area is 141 Å². The number of fused-ring (bicyclic) bond motifs is 1. The molecule has 0 amide bonds. The van der Waals surface area contributed by atoms with Crippen molar-refractivity contribution in [3.8, 4) is 0 Å². The zero-order valence-corrected chi connectivity index (χ0v) is 14.9. The van der Waals surface area contributed by atoms with E-state index in [2.05, 4.69) is 31.8 Å². The van der Waals surface area contributed by atoms with Crippen LogP contribution in [0.5, 0.6) is 0 Å². The molecule has 1 saturated carbocycles. The van der Waals surface area contributed by atoms with Gasteiger partial charge in [0.2, 0.25) is 0 Å². The van der Waals surface area contributed by atoms with Gasteiger partial charge in [-0.1, -0.05) is 26.8 Å². The van der Waals surface area contributed by atoms with Gasteiger partial charge in [0.05, 0.1) is 11.5 Å². The third-order valence-corrected chi connectivity index (χ3v) is 6.20. The molecule has 0 saturated heterocycles. The Bertz CT molecular complexity index is 494. The van der Waals surface area contributed by atoms with Crippen LogP contribution in [-0.2, 0) is 0 Å². The first-order chi connectivity index (χ1) is 9.67. The molecule has 5 heteroatoms. The molecule has 0 aromatic heterocycles. The van der Waals surface area contributed by atoms with Crippen LogP contribution in [0.1, 0.15) is 40.0 Å². The van der Waals surface area contributed by atoms with Crippen LogP contribution in [-0.4, -0.2) is 21.2 Å². The highest BCUT2D eigenvalue weighted by molar-refractivity contribution is 6.95. The van der Waals surface area contributed by atoms with Gasteiger partial charge in [-0.05, 0) is 70.9 Å². The summed E-state index contributed by atoms with van der Waals surface area (Å²) in [7, 11) is 0. The Morgan fingerprint density at radius 1 is 1.38 bits per heavy atom. The molecule has 2 rings (SSSR count). The van der Waals surface area contributed by atoms with Crippen molar-refractivity contribution in [1.82, 2.24) is 0 Å². The van der Waals surface area contributed by atoms with Crippen LogP contribution in [0, 0.1) is 16.7 Å². The lowest BCUT2D eigenvalue weighted by molar-refractivity contribution is -0.0656. The highest BCUT2D eigenvalue weighted by Crippen LogP contribution is 2.58. The Balaban J connectivity index is 2.24. The Morgan fingerprint density at radius 2 is 2.05 bits per heavy atom. The van der Waals surface area contributed by atoms with E-state index in [0.29, 0.717) is 5.92 Å². The maximum absolute atomic E-state index is 10.3. The van der Waals surface area contributed by atoms with Crippen molar-refractivity contribution in [3.63, 3.8) is 0 Å². The predicted octanol–water partition coefficient (Wildman–Crippen LogP) is 5.07. The van der Waals surface area contributed by atoms with Crippen LogP contribution in [0.4, 0.5) is 0 Å². The zero-order chi connectivity index (χ0) is 15.8. The van der Waals surface area contributed by atoms with E-state index in [9.17, 15) is 5.11 Å². The molecular weight excluding hydrogens is 329 g/mol. The number of aliphatic imine (C=N–C) groups is 1. The number of allylic oxidation sites excluding steroid dienone is 3. The topological polar surface area (TPSA) is 32.6 Å². The lowest BCUT2D eigenvalue weighted by atomic mass is 9.51. The van der Waals surface area contributed by atoms with Crippen LogP contribution in [0.3, 0.4) is 0 Å². The lowest BCUT2D eigenvalue weighted by Gasteiger charge is -2.56. The van der Waals surface area contributed by atoms with Crippen molar-refractivity contribution in [2.45, 2.75) is 51.5 Å². The quantitative estimate of drug-likeness (QED) is 0.547. The minimum absolute atomic E-state index is 0.00551. The monoisotopic (exact) mass is 349 g/mol. The molecule has 2 aliphatic rings. The second-order valence-corrected chi connectivity index (χ2v) is 8.46. The molecule has 0 aliphatic heterocycles. The molecule has 0 radical (unpaired) electrons. The molecule has 2 aliphatic carbocycles. The predicted molar refractivity (Wildman–Crippen MR) is 91.2 cm³/mol. The average molecular weight is 351 g/mol. The van der Waals surface area contributed by atoms with Crippen molar-refractivity contribution in [2.24, 2.45) is 21.7 Å². The first-order valence-corrected chi connectivity index (χ1v) is 8.42. The first kappa shape index (κ1) is 17.3. The number of hydrogen-bond acceptors (Lipinski definition) is 2. The third kappa shape index (κ3) is 3.50.